The lowest BCUT2D eigenvalue weighted by Gasteiger charge is -2.36. The fourth-order valence-electron chi connectivity index (χ4n) is 4.08. The van der Waals surface area contributed by atoms with Crippen LogP contribution in [0.4, 0.5) is 5.69 Å². The number of rotatable bonds is 9. The number of piperazine rings is 1. The van der Waals surface area contributed by atoms with Gasteiger partial charge in [0, 0.05) is 63.0 Å². The Morgan fingerprint density at radius 1 is 1.18 bits per heavy atom. The molecular formula is C27H32N4O2. The first kappa shape index (κ1) is 22.8. The number of hydrogen-bond acceptors (Lipinski definition) is 5. The molecule has 0 bridgehead atoms. The molecule has 4 rings (SSSR count). The summed E-state index contributed by atoms with van der Waals surface area (Å²) in [5.41, 5.74) is 3.98. The van der Waals surface area contributed by atoms with E-state index in [4.69, 9.17) is 4.42 Å². The van der Waals surface area contributed by atoms with Crippen molar-refractivity contribution in [2.45, 2.75) is 19.8 Å². The summed E-state index contributed by atoms with van der Waals surface area (Å²) >= 11 is 0. The van der Waals surface area contributed by atoms with Crippen LogP contribution in [0.5, 0.6) is 0 Å². The van der Waals surface area contributed by atoms with Crippen molar-refractivity contribution in [3.05, 3.63) is 84.4 Å². The maximum atomic E-state index is 12.6. The van der Waals surface area contributed by atoms with Gasteiger partial charge in [-0.15, -0.1) is 0 Å². The smallest absolute Gasteiger partial charge is 0.287 e. The minimum Gasteiger partial charge on any atom is -0.449 e. The molecule has 1 aliphatic rings. The van der Waals surface area contributed by atoms with E-state index in [1.807, 2.05) is 55.6 Å². The second-order valence-corrected chi connectivity index (χ2v) is 8.50. The molecule has 0 atom stereocenters. The van der Waals surface area contributed by atoms with E-state index in [-0.39, 0.29) is 5.91 Å². The Kier molecular flexibility index (Phi) is 7.58. The monoisotopic (exact) mass is 444 g/mol. The molecule has 1 amide bonds. The summed E-state index contributed by atoms with van der Waals surface area (Å²) in [5, 5.41) is 3.88. The van der Waals surface area contributed by atoms with Crippen molar-refractivity contribution in [2.75, 3.05) is 44.2 Å². The van der Waals surface area contributed by atoms with Crippen molar-refractivity contribution in [3.8, 4) is 0 Å². The zero-order valence-corrected chi connectivity index (χ0v) is 19.3. The molecule has 172 valence electrons. The number of aromatic nitrogens is 1. The number of pyridine rings is 1. The van der Waals surface area contributed by atoms with Crippen LogP contribution in [0.15, 0.2) is 77.4 Å². The van der Waals surface area contributed by atoms with Crippen molar-refractivity contribution in [2.24, 2.45) is 0 Å². The summed E-state index contributed by atoms with van der Waals surface area (Å²) in [5.74, 6) is 0.176. The van der Waals surface area contributed by atoms with Gasteiger partial charge in [0.25, 0.3) is 5.91 Å². The van der Waals surface area contributed by atoms with Crippen LogP contribution in [-0.2, 0) is 6.42 Å². The number of amides is 1. The first-order chi connectivity index (χ1) is 16.1. The van der Waals surface area contributed by atoms with E-state index in [0.29, 0.717) is 12.3 Å². The van der Waals surface area contributed by atoms with Crippen molar-refractivity contribution in [3.63, 3.8) is 0 Å². The molecule has 1 aliphatic heterocycles. The number of para-hydroxylation sites is 1. The largest absolute Gasteiger partial charge is 0.449 e. The molecule has 0 spiro atoms. The second-order valence-electron chi connectivity index (χ2n) is 8.50. The Balaban J connectivity index is 1.34. The third kappa shape index (κ3) is 6.11. The summed E-state index contributed by atoms with van der Waals surface area (Å²) in [7, 11) is 0. The number of hydrogen-bond donors (Lipinski definition) is 1. The minimum atomic E-state index is -0.180. The highest BCUT2D eigenvalue weighted by molar-refractivity contribution is 5.99. The van der Waals surface area contributed by atoms with E-state index in [1.54, 1.807) is 0 Å². The molecule has 3 heterocycles. The van der Waals surface area contributed by atoms with Crippen LogP contribution in [-0.4, -0.2) is 55.1 Å². The molecule has 1 N–H and O–H groups in total. The van der Waals surface area contributed by atoms with Crippen molar-refractivity contribution >= 4 is 22.6 Å². The van der Waals surface area contributed by atoms with E-state index in [0.717, 1.165) is 73.5 Å². The molecule has 33 heavy (non-hydrogen) atoms. The van der Waals surface area contributed by atoms with Crippen molar-refractivity contribution < 1.29 is 9.21 Å². The second kappa shape index (κ2) is 11.0. The molecule has 1 fully saturated rings. The van der Waals surface area contributed by atoms with Gasteiger partial charge in [-0.25, -0.2) is 0 Å². The average Bonchev–Trinajstić information content (AvgIpc) is 3.28. The summed E-state index contributed by atoms with van der Waals surface area (Å²) in [6, 6.07) is 14.0. The summed E-state index contributed by atoms with van der Waals surface area (Å²) < 4.78 is 6.03. The number of carbonyl (C=O) groups excluding carboxylic acids is 1. The van der Waals surface area contributed by atoms with E-state index >= 15 is 0 Å². The topological polar surface area (TPSA) is 61.6 Å². The lowest BCUT2D eigenvalue weighted by atomic mass is 10.2. The Morgan fingerprint density at radius 2 is 2.03 bits per heavy atom. The molecule has 1 saturated heterocycles. The zero-order valence-electron chi connectivity index (χ0n) is 19.3. The lowest BCUT2D eigenvalue weighted by Crippen LogP contribution is -2.47. The standard InChI is InChI=1S/C27H32N4O2/c1-21(2)8-3-5-14-29-27(32)25-20-22-9-7-11-24(26(22)33-25)31-18-16-30(17-19-31)15-12-23-10-4-6-13-28-23/h3-4,6-11,13,20H,1,5,12,14-19H2,2H3,(H,29,32). The van der Waals surface area contributed by atoms with Crippen LogP contribution >= 0.6 is 0 Å². The van der Waals surface area contributed by atoms with Gasteiger partial charge in [-0.1, -0.05) is 42.5 Å². The molecule has 6 nitrogen and oxygen atoms in total. The summed E-state index contributed by atoms with van der Waals surface area (Å²) in [6.45, 7) is 11.2. The molecule has 0 aliphatic carbocycles. The quantitative estimate of drug-likeness (QED) is 0.390. The molecule has 0 radical (unpaired) electrons. The summed E-state index contributed by atoms with van der Waals surface area (Å²) in [4.78, 5) is 21.8. The molecule has 0 saturated carbocycles. The fraction of sp³-hybridized carbons (Fsp3) is 0.333. The van der Waals surface area contributed by atoms with Gasteiger partial charge in [0.2, 0.25) is 0 Å². The van der Waals surface area contributed by atoms with Crippen LogP contribution in [0.2, 0.25) is 0 Å². The Bertz CT molecular complexity index is 1110. The van der Waals surface area contributed by atoms with Gasteiger partial charge >= 0.3 is 0 Å². The number of benzene rings is 1. The highest BCUT2D eigenvalue weighted by Gasteiger charge is 2.21. The summed E-state index contributed by atoms with van der Waals surface area (Å²) in [6.07, 6.45) is 7.55. The average molecular weight is 445 g/mol. The Morgan fingerprint density at radius 3 is 2.79 bits per heavy atom. The SMILES string of the molecule is C=C(C)C=CCCNC(=O)c1cc2cccc(N3CCN(CCc4ccccn4)CC3)c2o1. The number of carbonyl (C=O) groups is 1. The Labute approximate surface area is 195 Å². The molecule has 3 aromatic rings. The third-order valence-electron chi connectivity index (χ3n) is 5.87. The van der Waals surface area contributed by atoms with E-state index in [2.05, 4.69) is 38.8 Å². The number of fused-ring (bicyclic) bond motifs is 1. The van der Waals surface area contributed by atoms with Gasteiger partial charge in [-0.3, -0.25) is 14.7 Å². The van der Waals surface area contributed by atoms with E-state index in [1.165, 1.54) is 0 Å². The molecular weight excluding hydrogens is 412 g/mol. The third-order valence-corrected chi connectivity index (χ3v) is 5.87. The number of allylic oxidation sites excluding steroid dienone is 2. The highest BCUT2D eigenvalue weighted by atomic mass is 16.3. The number of anilines is 1. The van der Waals surface area contributed by atoms with Crippen LogP contribution in [0.3, 0.4) is 0 Å². The van der Waals surface area contributed by atoms with Gasteiger partial charge in [0.1, 0.15) is 0 Å². The number of nitrogens with zero attached hydrogens (tertiary/aromatic N) is 3. The first-order valence-corrected chi connectivity index (χ1v) is 11.6. The zero-order chi connectivity index (χ0) is 23.0. The molecule has 1 aromatic carbocycles. The van der Waals surface area contributed by atoms with Gasteiger partial charge < -0.3 is 14.6 Å². The predicted molar refractivity (Wildman–Crippen MR) is 134 cm³/mol. The van der Waals surface area contributed by atoms with Crippen molar-refractivity contribution in [1.29, 1.82) is 0 Å². The highest BCUT2D eigenvalue weighted by Crippen LogP contribution is 2.30. The molecule has 0 unspecified atom stereocenters. The molecule has 2 aromatic heterocycles. The molecule has 6 heteroatoms. The Hall–Kier alpha value is -3.38. The van der Waals surface area contributed by atoms with Crippen molar-refractivity contribution in [1.82, 2.24) is 15.2 Å². The van der Waals surface area contributed by atoms with Crippen LogP contribution in [0, 0.1) is 0 Å². The van der Waals surface area contributed by atoms with Crippen LogP contribution < -0.4 is 10.2 Å². The number of nitrogens with one attached hydrogen (secondary N) is 1. The van der Waals surface area contributed by atoms with E-state index < -0.39 is 0 Å². The van der Waals surface area contributed by atoms with Crippen LogP contribution in [0.1, 0.15) is 29.6 Å². The maximum absolute atomic E-state index is 12.6. The van der Waals surface area contributed by atoms with Gasteiger partial charge in [0.15, 0.2) is 11.3 Å². The van der Waals surface area contributed by atoms with Gasteiger partial charge in [-0.05, 0) is 37.6 Å². The van der Waals surface area contributed by atoms with Crippen LogP contribution in [0.25, 0.3) is 11.0 Å². The maximum Gasteiger partial charge on any atom is 0.287 e. The predicted octanol–water partition coefficient (Wildman–Crippen LogP) is 4.44. The van der Waals surface area contributed by atoms with Gasteiger partial charge in [-0.2, -0.15) is 0 Å². The minimum absolute atomic E-state index is 0.180. The normalized spacial score (nSPS) is 14.8. The van der Waals surface area contributed by atoms with E-state index in [9.17, 15) is 4.79 Å². The van der Waals surface area contributed by atoms with Gasteiger partial charge in [0.05, 0.1) is 5.69 Å². The lowest BCUT2D eigenvalue weighted by molar-refractivity contribution is 0.0929. The fourth-order valence-corrected chi connectivity index (χ4v) is 4.08. The number of furan rings is 1. The first-order valence-electron chi connectivity index (χ1n) is 11.6.